The lowest BCUT2D eigenvalue weighted by atomic mass is 9.93. The van der Waals surface area contributed by atoms with Crippen molar-refractivity contribution in [2.45, 2.75) is 19.9 Å². The molecule has 1 aromatic heterocycles. The molecule has 0 radical (unpaired) electrons. The van der Waals surface area contributed by atoms with Crippen LogP contribution in [0.25, 0.3) is 11.8 Å². The predicted octanol–water partition coefficient (Wildman–Crippen LogP) is 5.01. The maximum absolute atomic E-state index is 14.2. The first kappa shape index (κ1) is 30.7. The monoisotopic (exact) mass is 628 g/mol. The number of terminal acetylenes is 1. The third-order valence-electron chi connectivity index (χ3n) is 6.73. The standard InChI is InChI=1S/C34H29ClN2O6S/c1-5-17-43-31-25(35)18-21(19-26(31)41-6-2)20-27-32(38)37-30(23-13-15-24(40-4)16-14-23)28(33(39)42-7-3)29(36-34(37)44-27)22-11-9-8-10-12-22/h1,8-16,18-20,30H,6-7,17H2,2-4H3/b27-20-/t30-/m0/s1. The number of hydrogen-bond acceptors (Lipinski definition) is 8. The lowest BCUT2D eigenvalue weighted by Gasteiger charge is -2.26. The molecule has 0 amide bonds. The highest BCUT2D eigenvalue weighted by atomic mass is 35.5. The Morgan fingerprint density at radius 1 is 1.09 bits per heavy atom. The van der Waals surface area contributed by atoms with Crippen molar-refractivity contribution in [3.8, 4) is 29.6 Å². The number of benzene rings is 3. The summed E-state index contributed by atoms with van der Waals surface area (Å²) in [5, 5.41) is 0.289. The minimum Gasteiger partial charge on any atom is -0.497 e. The van der Waals surface area contributed by atoms with Gasteiger partial charge in [0.15, 0.2) is 16.3 Å². The van der Waals surface area contributed by atoms with E-state index in [0.29, 0.717) is 50.0 Å². The number of nitrogens with zero attached hydrogens (tertiary/aromatic N) is 2. The van der Waals surface area contributed by atoms with Gasteiger partial charge in [0.1, 0.15) is 12.4 Å². The average molecular weight is 629 g/mol. The molecule has 0 N–H and O–H groups in total. The lowest BCUT2D eigenvalue weighted by Crippen LogP contribution is -2.40. The van der Waals surface area contributed by atoms with Gasteiger partial charge in [-0.15, -0.1) is 6.42 Å². The van der Waals surface area contributed by atoms with E-state index in [2.05, 4.69) is 5.92 Å². The quantitative estimate of drug-likeness (QED) is 0.181. The van der Waals surface area contributed by atoms with Crippen LogP contribution >= 0.6 is 22.9 Å². The fourth-order valence-corrected chi connectivity index (χ4v) is 6.16. The molecule has 44 heavy (non-hydrogen) atoms. The zero-order valence-electron chi connectivity index (χ0n) is 24.3. The summed E-state index contributed by atoms with van der Waals surface area (Å²) in [6.45, 7) is 4.13. The molecule has 1 aliphatic heterocycles. The molecule has 10 heteroatoms. The van der Waals surface area contributed by atoms with Crippen LogP contribution in [0.2, 0.25) is 5.02 Å². The number of esters is 1. The van der Waals surface area contributed by atoms with Crippen LogP contribution in [0.4, 0.5) is 0 Å². The molecule has 8 nitrogen and oxygen atoms in total. The van der Waals surface area contributed by atoms with Crippen molar-refractivity contribution in [1.82, 2.24) is 4.57 Å². The van der Waals surface area contributed by atoms with Crippen molar-refractivity contribution < 1.29 is 23.7 Å². The molecule has 0 bridgehead atoms. The van der Waals surface area contributed by atoms with Crippen LogP contribution in [-0.4, -0.2) is 37.5 Å². The normalized spacial score (nSPS) is 14.3. The third kappa shape index (κ3) is 6.13. The molecule has 0 aliphatic carbocycles. The number of methoxy groups -OCH3 is 1. The number of ether oxygens (including phenoxy) is 4. The molecule has 0 spiro atoms. The molecule has 2 heterocycles. The molecular weight excluding hydrogens is 600 g/mol. The Bertz CT molecular complexity index is 1940. The van der Waals surface area contributed by atoms with E-state index >= 15 is 0 Å². The van der Waals surface area contributed by atoms with Crippen molar-refractivity contribution in [3.63, 3.8) is 0 Å². The van der Waals surface area contributed by atoms with Crippen molar-refractivity contribution in [1.29, 1.82) is 0 Å². The molecule has 0 saturated heterocycles. The molecule has 1 atom stereocenters. The van der Waals surface area contributed by atoms with Crippen LogP contribution in [0.3, 0.4) is 0 Å². The summed E-state index contributed by atoms with van der Waals surface area (Å²) in [5.74, 6) is 3.24. The second kappa shape index (κ2) is 13.7. The third-order valence-corrected chi connectivity index (χ3v) is 8.00. The Morgan fingerprint density at radius 3 is 2.50 bits per heavy atom. The van der Waals surface area contributed by atoms with Crippen LogP contribution < -0.4 is 29.1 Å². The maximum Gasteiger partial charge on any atom is 0.338 e. The minimum absolute atomic E-state index is 0.0235. The van der Waals surface area contributed by atoms with E-state index < -0.39 is 12.0 Å². The van der Waals surface area contributed by atoms with Gasteiger partial charge in [-0.2, -0.15) is 0 Å². The highest BCUT2D eigenvalue weighted by molar-refractivity contribution is 7.07. The Morgan fingerprint density at radius 2 is 1.84 bits per heavy atom. The van der Waals surface area contributed by atoms with Gasteiger partial charge < -0.3 is 18.9 Å². The van der Waals surface area contributed by atoms with Crippen LogP contribution in [-0.2, 0) is 9.53 Å². The van der Waals surface area contributed by atoms with Crippen LogP contribution in [0.5, 0.6) is 17.2 Å². The minimum atomic E-state index is -0.810. The van der Waals surface area contributed by atoms with E-state index in [1.165, 1.54) is 15.9 Å². The van der Waals surface area contributed by atoms with Crippen LogP contribution in [0, 0.1) is 12.3 Å². The largest absolute Gasteiger partial charge is 0.497 e. The molecule has 0 saturated carbocycles. The van der Waals surface area contributed by atoms with E-state index in [1.54, 1.807) is 44.4 Å². The number of fused-ring (bicyclic) bond motifs is 1. The first-order chi connectivity index (χ1) is 21.4. The van der Waals surface area contributed by atoms with Gasteiger partial charge >= 0.3 is 5.97 Å². The van der Waals surface area contributed by atoms with Crippen molar-refractivity contribution in [2.75, 3.05) is 26.9 Å². The summed E-state index contributed by atoms with van der Waals surface area (Å²) in [5.41, 5.74) is 2.41. The van der Waals surface area contributed by atoms with Gasteiger partial charge in [0.05, 0.1) is 47.2 Å². The molecule has 0 fully saturated rings. The zero-order chi connectivity index (χ0) is 31.2. The zero-order valence-corrected chi connectivity index (χ0v) is 25.9. The number of thiazole rings is 1. The number of aromatic nitrogens is 1. The van der Waals surface area contributed by atoms with E-state index in [9.17, 15) is 9.59 Å². The lowest BCUT2D eigenvalue weighted by molar-refractivity contribution is -0.138. The first-order valence-corrected chi connectivity index (χ1v) is 15.0. The van der Waals surface area contributed by atoms with Gasteiger partial charge in [0.25, 0.3) is 5.56 Å². The Hall–Kier alpha value is -4.78. The Labute approximate surface area is 263 Å². The second-order valence-electron chi connectivity index (χ2n) is 9.46. The fourth-order valence-electron chi connectivity index (χ4n) is 4.88. The average Bonchev–Trinajstić information content (AvgIpc) is 3.34. The van der Waals surface area contributed by atoms with Gasteiger partial charge in [0.2, 0.25) is 0 Å². The Kier molecular flexibility index (Phi) is 9.53. The number of rotatable bonds is 10. The highest BCUT2D eigenvalue weighted by Gasteiger charge is 2.35. The smallest absolute Gasteiger partial charge is 0.338 e. The van der Waals surface area contributed by atoms with Gasteiger partial charge in [-0.05, 0) is 55.3 Å². The van der Waals surface area contributed by atoms with Gasteiger partial charge in [-0.1, -0.05) is 71.3 Å². The summed E-state index contributed by atoms with van der Waals surface area (Å²) in [7, 11) is 1.58. The van der Waals surface area contributed by atoms with E-state index in [1.807, 2.05) is 49.4 Å². The topological polar surface area (TPSA) is 88.4 Å². The van der Waals surface area contributed by atoms with Crippen molar-refractivity contribution in [2.24, 2.45) is 4.99 Å². The van der Waals surface area contributed by atoms with E-state index in [0.717, 1.165) is 5.56 Å². The Balaban J connectivity index is 1.76. The van der Waals surface area contributed by atoms with Crippen LogP contribution in [0.1, 0.15) is 36.6 Å². The molecule has 5 rings (SSSR count). The molecular formula is C34H29ClN2O6S. The number of carbonyl (C=O) groups is 1. The van der Waals surface area contributed by atoms with E-state index in [-0.39, 0.29) is 29.4 Å². The summed E-state index contributed by atoms with van der Waals surface area (Å²) in [6.07, 6.45) is 7.07. The van der Waals surface area contributed by atoms with Crippen molar-refractivity contribution in [3.05, 3.63) is 114 Å². The SMILES string of the molecule is C#CCOc1c(Cl)cc(/C=c2\sc3n(c2=O)[C@@H](c2ccc(OC)cc2)C(C(=O)OCC)=C(c2ccccc2)N=3)cc1OCC. The molecule has 0 unspecified atom stereocenters. The van der Waals surface area contributed by atoms with Gasteiger partial charge in [-0.25, -0.2) is 9.79 Å². The maximum atomic E-state index is 14.2. The fraction of sp³-hybridized carbons (Fsp3) is 0.206. The second-order valence-corrected chi connectivity index (χ2v) is 10.9. The molecule has 3 aromatic carbocycles. The summed E-state index contributed by atoms with van der Waals surface area (Å²) in [6, 6.07) is 19.2. The predicted molar refractivity (Wildman–Crippen MR) is 171 cm³/mol. The number of hydrogen-bond donors (Lipinski definition) is 0. The molecule has 224 valence electrons. The van der Waals surface area contributed by atoms with Gasteiger partial charge in [0, 0.05) is 5.56 Å². The molecule has 1 aliphatic rings. The van der Waals surface area contributed by atoms with Crippen molar-refractivity contribution >= 4 is 40.7 Å². The van der Waals surface area contributed by atoms with Gasteiger partial charge in [-0.3, -0.25) is 9.36 Å². The first-order valence-electron chi connectivity index (χ1n) is 13.8. The summed E-state index contributed by atoms with van der Waals surface area (Å²) in [4.78, 5) is 33.1. The number of halogens is 1. The summed E-state index contributed by atoms with van der Waals surface area (Å²) >= 11 is 7.76. The molecule has 4 aromatic rings. The number of carbonyl (C=O) groups excluding carboxylic acids is 1. The summed E-state index contributed by atoms with van der Waals surface area (Å²) < 4.78 is 24.2. The van der Waals surface area contributed by atoms with Crippen LogP contribution in [0.15, 0.2) is 82.1 Å². The van der Waals surface area contributed by atoms with E-state index in [4.69, 9.17) is 42.0 Å². The highest BCUT2D eigenvalue weighted by Crippen LogP contribution is 2.38.